The smallest absolute Gasteiger partial charge is 0.256 e. The number of rotatable bonds is 7. The topological polar surface area (TPSA) is 54.5 Å². The summed E-state index contributed by atoms with van der Waals surface area (Å²) < 4.78 is 19.3. The van der Waals surface area contributed by atoms with Gasteiger partial charge in [0, 0.05) is 12.7 Å². The lowest BCUT2D eigenvalue weighted by atomic mass is 10.1. The first-order valence-electron chi connectivity index (χ1n) is 8.92. The standard InChI is InChI=1S/C22H22FN3O2/c1-26(2)20(16-8-6-9-17(23)14-16)15-25-21(27)19-12-7-13-24-22(19)28-18-10-4-3-5-11-18/h3-14,20H,15H2,1-2H3,(H,25,27)/t20-/m0/s1. The monoisotopic (exact) mass is 379 g/mol. The molecule has 0 unspecified atom stereocenters. The summed E-state index contributed by atoms with van der Waals surface area (Å²) in [6.45, 7) is 0.314. The minimum absolute atomic E-state index is 0.171. The third-order valence-electron chi connectivity index (χ3n) is 4.29. The molecule has 0 spiro atoms. The highest BCUT2D eigenvalue weighted by Gasteiger charge is 2.19. The average molecular weight is 379 g/mol. The molecule has 5 nitrogen and oxygen atoms in total. The zero-order valence-electron chi connectivity index (χ0n) is 15.8. The van der Waals surface area contributed by atoms with E-state index in [2.05, 4.69) is 10.3 Å². The Labute approximate surface area is 163 Å². The first-order chi connectivity index (χ1) is 13.5. The van der Waals surface area contributed by atoms with Crippen LogP contribution in [-0.2, 0) is 0 Å². The molecule has 0 bridgehead atoms. The van der Waals surface area contributed by atoms with Gasteiger partial charge in [-0.1, -0.05) is 30.3 Å². The van der Waals surface area contributed by atoms with Gasteiger partial charge in [-0.15, -0.1) is 0 Å². The van der Waals surface area contributed by atoms with Crippen LogP contribution in [0.15, 0.2) is 72.9 Å². The maximum Gasteiger partial charge on any atom is 0.256 e. The number of nitrogens with zero attached hydrogens (tertiary/aromatic N) is 2. The van der Waals surface area contributed by atoms with Gasteiger partial charge in [-0.05, 0) is 56.1 Å². The summed E-state index contributed by atoms with van der Waals surface area (Å²) in [5, 5.41) is 2.90. The van der Waals surface area contributed by atoms with Crippen LogP contribution >= 0.6 is 0 Å². The lowest BCUT2D eigenvalue weighted by Gasteiger charge is -2.25. The van der Waals surface area contributed by atoms with Crippen LogP contribution in [0.25, 0.3) is 0 Å². The van der Waals surface area contributed by atoms with Crippen molar-refractivity contribution in [2.45, 2.75) is 6.04 Å². The van der Waals surface area contributed by atoms with Gasteiger partial charge in [0.1, 0.15) is 17.1 Å². The molecule has 28 heavy (non-hydrogen) atoms. The van der Waals surface area contributed by atoms with Crippen LogP contribution in [0.5, 0.6) is 11.6 Å². The molecule has 0 aliphatic heterocycles. The van der Waals surface area contributed by atoms with Gasteiger partial charge in [-0.3, -0.25) is 4.79 Å². The lowest BCUT2D eigenvalue weighted by Crippen LogP contribution is -2.34. The van der Waals surface area contributed by atoms with E-state index in [0.717, 1.165) is 5.56 Å². The predicted molar refractivity (Wildman–Crippen MR) is 106 cm³/mol. The maximum atomic E-state index is 13.6. The second-order valence-corrected chi connectivity index (χ2v) is 6.52. The SMILES string of the molecule is CN(C)[C@@H](CNC(=O)c1cccnc1Oc1ccccc1)c1cccc(F)c1. The fourth-order valence-electron chi connectivity index (χ4n) is 2.84. The van der Waals surface area contributed by atoms with E-state index in [0.29, 0.717) is 17.9 Å². The van der Waals surface area contributed by atoms with Crippen molar-refractivity contribution in [1.29, 1.82) is 0 Å². The van der Waals surface area contributed by atoms with E-state index in [-0.39, 0.29) is 23.6 Å². The molecule has 0 saturated heterocycles. The van der Waals surface area contributed by atoms with Crippen molar-refractivity contribution in [3.63, 3.8) is 0 Å². The zero-order chi connectivity index (χ0) is 19.9. The lowest BCUT2D eigenvalue weighted by molar-refractivity contribution is 0.0939. The molecule has 0 aliphatic carbocycles. The molecule has 1 atom stereocenters. The number of carbonyl (C=O) groups excluding carboxylic acids is 1. The molecule has 1 aromatic heterocycles. The summed E-state index contributed by atoms with van der Waals surface area (Å²) in [6, 6.07) is 18.7. The molecule has 3 aromatic rings. The van der Waals surface area contributed by atoms with E-state index in [1.165, 1.54) is 12.1 Å². The second-order valence-electron chi connectivity index (χ2n) is 6.52. The number of nitrogens with one attached hydrogen (secondary N) is 1. The number of ether oxygens (including phenoxy) is 1. The highest BCUT2D eigenvalue weighted by molar-refractivity contribution is 5.96. The molecule has 2 aromatic carbocycles. The van der Waals surface area contributed by atoms with Crippen molar-refractivity contribution in [3.8, 4) is 11.6 Å². The summed E-state index contributed by atoms with van der Waals surface area (Å²) in [5.74, 6) is 0.225. The number of halogens is 1. The quantitative estimate of drug-likeness (QED) is 0.673. The van der Waals surface area contributed by atoms with E-state index < -0.39 is 0 Å². The minimum Gasteiger partial charge on any atom is -0.438 e. The van der Waals surface area contributed by atoms with Crippen LogP contribution in [0, 0.1) is 5.82 Å². The zero-order valence-corrected chi connectivity index (χ0v) is 15.8. The van der Waals surface area contributed by atoms with Crippen LogP contribution < -0.4 is 10.1 Å². The Morgan fingerprint density at radius 1 is 1.11 bits per heavy atom. The Morgan fingerprint density at radius 2 is 1.89 bits per heavy atom. The summed E-state index contributed by atoms with van der Waals surface area (Å²) in [4.78, 5) is 18.9. The Kier molecular flexibility index (Phi) is 6.34. The number of aromatic nitrogens is 1. The van der Waals surface area contributed by atoms with Crippen molar-refractivity contribution in [2.75, 3.05) is 20.6 Å². The Morgan fingerprint density at radius 3 is 2.61 bits per heavy atom. The third-order valence-corrected chi connectivity index (χ3v) is 4.29. The largest absolute Gasteiger partial charge is 0.438 e. The molecule has 1 heterocycles. The van der Waals surface area contributed by atoms with Crippen molar-refractivity contribution in [1.82, 2.24) is 15.2 Å². The molecule has 1 amide bonds. The van der Waals surface area contributed by atoms with E-state index in [1.54, 1.807) is 36.5 Å². The number of para-hydroxylation sites is 1. The van der Waals surface area contributed by atoms with E-state index in [1.807, 2.05) is 43.3 Å². The summed E-state index contributed by atoms with van der Waals surface area (Å²) in [5.41, 5.74) is 1.13. The van der Waals surface area contributed by atoms with Gasteiger partial charge < -0.3 is 15.0 Å². The summed E-state index contributed by atoms with van der Waals surface area (Å²) in [6.07, 6.45) is 1.57. The van der Waals surface area contributed by atoms with Crippen LogP contribution in [0.1, 0.15) is 22.0 Å². The fourth-order valence-corrected chi connectivity index (χ4v) is 2.84. The molecule has 3 rings (SSSR count). The van der Waals surface area contributed by atoms with Crippen LogP contribution in [-0.4, -0.2) is 36.4 Å². The van der Waals surface area contributed by atoms with E-state index >= 15 is 0 Å². The number of likely N-dealkylation sites (N-methyl/N-ethyl adjacent to an activating group) is 1. The molecule has 144 valence electrons. The molecule has 1 N–H and O–H groups in total. The van der Waals surface area contributed by atoms with Crippen molar-refractivity contribution < 1.29 is 13.9 Å². The number of pyridine rings is 1. The van der Waals surface area contributed by atoms with Gasteiger partial charge in [0.15, 0.2) is 0 Å². The molecule has 0 radical (unpaired) electrons. The van der Waals surface area contributed by atoms with Crippen LogP contribution in [0.2, 0.25) is 0 Å². The molecular weight excluding hydrogens is 357 g/mol. The molecular formula is C22H22FN3O2. The van der Waals surface area contributed by atoms with Gasteiger partial charge >= 0.3 is 0 Å². The molecule has 6 heteroatoms. The van der Waals surface area contributed by atoms with Crippen molar-refractivity contribution in [3.05, 3.63) is 89.9 Å². The molecule has 0 fully saturated rings. The highest BCUT2D eigenvalue weighted by Crippen LogP contribution is 2.23. The number of hydrogen-bond acceptors (Lipinski definition) is 4. The number of amides is 1. The Bertz CT molecular complexity index is 932. The van der Waals surface area contributed by atoms with Crippen LogP contribution in [0.4, 0.5) is 4.39 Å². The first-order valence-corrected chi connectivity index (χ1v) is 8.92. The normalized spacial score (nSPS) is 11.9. The summed E-state index contributed by atoms with van der Waals surface area (Å²) >= 11 is 0. The maximum absolute atomic E-state index is 13.6. The Balaban J connectivity index is 1.74. The predicted octanol–water partition coefficient (Wildman–Crippen LogP) is 4.05. The van der Waals surface area contributed by atoms with Crippen LogP contribution in [0.3, 0.4) is 0 Å². The second kappa shape index (κ2) is 9.10. The average Bonchev–Trinajstić information content (AvgIpc) is 2.69. The van der Waals surface area contributed by atoms with E-state index in [4.69, 9.17) is 4.74 Å². The van der Waals surface area contributed by atoms with Gasteiger partial charge in [0.25, 0.3) is 5.91 Å². The minimum atomic E-state index is -0.304. The van der Waals surface area contributed by atoms with Gasteiger partial charge in [-0.2, -0.15) is 0 Å². The number of benzene rings is 2. The van der Waals surface area contributed by atoms with Gasteiger partial charge in [-0.25, -0.2) is 9.37 Å². The highest BCUT2D eigenvalue weighted by atomic mass is 19.1. The third kappa shape index (κ3) is 4.92. The number of hydrogen-bond donors (Lipinski definition) is 1. The molecule has 0 saturated carbocycles. The first kappa shape index (κ1) is 19.5. The summed E-state index contributed by atoms with van der Waals surface area (Å²) in [7, 11) is 3.77. The Hall–Kier alpha value is -3.25. The van der Waals surface area contributed by atoms with Gasteiger partial charge in [0.2, 0.25) is 5.88 Å². The molecule has 0 aliphatic rings. The van der Waals surface area contributed by atoms with Crippen molar-refractivity contribution >= 4 is 5.91 Å². The number of carbonyl (C=O) groups is 1. The van der Waals surface area contributed by atoms with Gasteiger partial charge in [0.05, 0.1) is 6.04 Å². The van der Waals surface area contributed by atoms with E-state index in [9.17, 15) is 9.18 Å². The fraction of sp³-hybridized carbons (Fsp3) is 0.182. The van der Waals surface area contributed by atoms with Crippen molar-refractivity contribution in [2.24, 2.45) is 0 Å².